The number of nitrogens with two attached hydrogens (primary N) is 1. The number of nitrogens with one attached hydrogen (secondary N) is 1. The molecular formula is C19H28Cl2N4O2. The zero-order chi connectivity index (χ0) is 18.0. The van der Waals surface area contributed by atoms with Gasteiger partial charge in [0, 0.05) is 12.2 Å². The minimum atomic E-state index is -0.384. The van der Waals surface area contributed by atoms with E-state index in [2.05, 4.69) is 10.4 Å². The topological polar surface area (TPSA) is 82.2 Å². The van der Waals surface area contributed by atoms with Gasteiger partial charge in [-0.3, -0.25) is 4.79 Å². The van der Waals surface area contributed by atoms with Crippen molar-refractivity contribution in [3.05, 3.63) is 47.3 Å². The van der Waals surface area contributed by atoms with E-state index in [0.29, 0.717) is 6.54 Å². The number of carbonyl (C=O) groups excluding carboxylic acids is 1. The maximum absolute atomic E-state index is 12.3. The Balaban J connectivity index is 0.00000182. The number of carbonyl (C=O) groups is 1. The van der Waals surface area contributed by atoms with E-state index in [1.165, 1.54) is 0 Å². The number of amides is 1. The number of ether oxygens (including phenoxy) is 1. The second kappa shape index (κ2) is 10.1. The quantitative estimate of drug-likeness (QED) is 0.787. The summed E-state index contributed by atoms with van der Waals surface area (Å²) in [5.74, 6) is -0.0638. The summed E-state index contributed by atoms with van der Waals surface area (Å²) in [5, 5.41) is 7.52. The summed E-state index contributed by atoms with van der Waals surface area (Å²) >= 11 is 0. The maximum atomic E-state index is 12.3. The maximum Gasteiger partial charge on any atom is 0.249 e. The number of aromatic nitrogens is 2. The SMILES string of the molecule is Cc1cc(C)n(-c2ccc(C(C)NC(=O)[C@@H]3CC[C@H](CN)O3)cc2)n1.Cl.Cl. The zero-order valence-electron chi connectivity index (χ0n) is 15.8. The third-order valence-electron chi connectivity index (χ3n) is 4.67. The highest BCUT2D eigenvalue weighted by molar-refractivity contribution is 5.85. The highest BCUT2D eigenvalue weighted by atomic mass is 35.5. The highest BCUT2D eigenvalue weighted by Gasteiger charge is 2.30. The fourth-order valence-electron chi connectivity index (χ4n) is 3.26. The molecule has 2 heterocycles. The van der Waals surface area contributed by atoms with E-state index < -0.39 is 0 Å². The van der Waals surface area contributed by atoms with Crippen molar-refractivity contribution in [2.75, 3.05) is 6.54 Å². The highest BCUT2D eigenvalue weighted by Crippen LogP contribution is 2.21. The number of hydrogen-bond acceptors (Lipinski definition) is 4. The molecule has 8 heteroatoms. The van der Waals surface area contributed by atoms with Gasteiger partial charge >= 0.3 is 0 Å². The average molecular weight is 415 g/mol. The number of benzene rings is 1. The normalized spacial score (nSPS) is 19.7. The van der Waals surface area contributed by atoms with Gasteiger partial charge in [-0.1, -0.05) is 12.1 Å². The summed E-state index contributed by atoms with van der Waals surface area (Å²) in [7, 11) is 0. The van der Waals surface area contributed by atoms with Crippen LogP contribution in [-0.2, 0) is 9.53 Å². The van der Waals surface area contributed by atoms with Crippen LogP contribution in [0, 0.1) is 13.8 Å². The van der Waals surface area contributed by atoms with Crippen molar-refractivity contribution in [1.82, 2.24) is 15.1 Å². The van der Waals surface area contributed by atoms with Crippen LogP contribution < -0.4 is 11.1 Å². The molecular weight excluding hydrogens is 387 g/mol. The molecule has 1 amide bonds. The second-order valence-electron chi connectivity index (χ2n) is 6.72. The summed E-state index contributed by atoms with van der Waals surface area (Å²) in [5.41, 5.74) is 9.75. The van der Waals surface area contributed by atoms with Crippen LogP contribution in [0.5, 0.6) is 0 Å². The Morgan fingerprint density at radius 2 is 1.96 bits per heavy atom. The fourth-order valence-corrected chi connectivity index (χ4v) is 3.26. The summed E-state index contributed by atoms with van der Waals surface area (Å²) in [6.07, 6.45) is 1.20. The first kappa shape index (κ1) is 23.4. The molecule has 3 atom stereocenters. The van der Waals surface area contributed by atoms with Gasteiger partial charge in [-0.05, 0) is 57.4 Å². The van der Waals surface area contributed by atoms with Crippen molar-refractivity contribution in [2.45, 2.75) is 51.9 Å². The molecule has 0 radical (unpaired) electrons. The molecule has 0 spiro atoms. The lowest BCUT2D eigenvalue weighted by Gasteiger charge is -2.18. The van der Waals surface area contributed by atoms with E-state index in [9.17, 15) is 4.79 Å². The molecule has 27 heavy (non-hydrogen) atoms. The molecule has 1 aliphatic heterocycles. The van der Waals surface area contributed by atoms with E-state index >= 15 is 0 Å². The molecule has 1 aliphatic rings. The van der Waals surface area contributed by atoms with Crippen molar-refractivity contribution in [1.29, 1.82) is 0 Å². The zero-order valence-corrected chi connectivity index (χ0v) is 17.5. The van der Waals surface area contributed by atoms with Crippen molar-refractivity contribution in [2.24, 2.45) is 5.73 Å². The van der Waals surface area contributed by atoms with E-state index in [-0.39, 0.29) is 49.0 Å². The Labute approximate surface area is 172 Å². The van der Waals surface area contributed by atoms with Crippen LogP contribution in [0.25, 0.3) is 5.69 Å². The van der Waals surface area contributed by atoms with Gasteiger partial charge in [-0.25, -0.2) is 4.68 Å². The van der Waals surface area contributed by atoms with E-state index in [1.54, 1.807) is 0 Å². The number of hydrogen-bond donors (Lipinski definition) is 2. The predicted octanol–water partition coefficient (Wildman–Crippen LogP) is 3.02. The predicted molar refractivity (Wildman–Crippen MR) is 111 cm³/mol. The van der Waals surface area contributed by atoms with Gasteiger partial charge in [-0.2, -0.15) is 5.10 Å². The van der Waals surface area contributed by atoms with Gasteiger partial charge in [0.05, 0.1) is 23.5 Å². The molecule has 3 rings (SSSR count). The lowest BCUT2D eigenvalue weighted by molar-refractivity contribution is -0.132. The molecule has 2 aromatic rings. The van der Waals surface area contributed by atoms with Gasteiger partial charge in [0.2, 0.25) is 5.91 Å². The minimum Gasteiger partial charge on any atom is -0.364 e. The van der Waals surface area contributed by atoms with Crippen LogP contribution in [0.2, 0.25) is 0 Å². The minimum absolute atomic E-state index is 0. The van der Waals surface area contributed by atoms with Gasteiger partial charge in [0.25, 0.3) is 0 Å². The van der Waals surface area contributed by atoms with Crippen molar-refractivity contribution in [3.63, 3.8) is 0 Å². The molecule has 1 aromatic carbocycles. The molecule has 1 fully saturated rings. The lowest BCUT2D eigenvalue weighted by Crippen LogP contribution is -2.37. The number of aryl methyl sites for hydroxylation is 2. The van der Waals surface area contributed by atoms with Gasteiger partial charge < -0.3 is 15.8 Å². The Morgan fingerprint density at radius 3 is 2.48 bits per heavy atom. The monoisotopic (exact) mass is 414 g/mol. The summed E-state index contributed by atoms with van der Waals surface area (Å²) < 4.78 is 7.57. The number of nitrogens with zero attached hydrogens (tertiary/aromatic N) is 2. The Kier molecular flexibility index (Phi) is 8.75. The van der Waals surface area contributed by atoms with Crippen LogP contribution in [0.3, 0.4) is 0 Å². The van der Waals surface area contributed by atoms with Gasteiger partial charge in [0.15, 0.2) is 0 Å². The second-order valence-corrected chi connectivity index (χ2v) is 6.72. The third kappa shape index (κ3) is 5.45. The average Bonchev–Trinajstić information content (AvgIpc) is 3.21. The van der Waals surface area contributed by atoms with E-state index in [4.69, 9.17) is 10.5 Å². The summed E-state index contributed by atoms with van der Waals surface area (Å²) in [6, 6.07) is 10.1. The first-order valence-electron chi connectivity index (χ1n) is 8.77. The van der Waals surface area contributed by atoms with Crippen molar-refractivity contribution >= 4 is 30.7 Å². The summed E-state index contributed by atoms with van der Waals surface area (Å²) in [4.78, 5) is 12.3. The van der Waals surface area contributed by atoms with Crippen LogP contribution in [-0.4, -0.2) is 34.4 Å². The third-order valence-corrected chi connectivity index (χ3v) is 4.67. The number of rotatable bonds is 5. The molecule has 1 saturated heterocycles. The molecule has 150 valence electrons. The molecule has 0 saturated carbocycles. The largest absolute Gasteiger partial charge is 0.364 e. The molecule has 0 bridgehead atoms. The van der Waals surface area contributed by atoms with Crippen LogP contribution in [0.15, 0.2) is 30.3 Å². The molecule has 3 N–H and O–H groups in total. The first-order valence-corrected chi connectivity index (χ1v) is 8.77. The Hall–Kier alpha value is -1.60. The summed E-state index contributed by atoms with van der Waals surface area (Å²) in [6.45, 7) is 6.46. The smallest absolute Gasteiger partial charge is 0.249 e. The molecule has 1 aromatic heterocycles. The van der Waals surface area contributed by atoms with Crippen LogP contribution in [0.4, 0.5) is 0 Å². The van der Waals surface area contributed by atoms with Crippen LogP contribution in [0.1, 0.15) is 42.8 Å². The molecule has 6 nitrogen and oxygen atoms in total. The Bertz CT molecular complexity index is 749. The van der Waals surface area contributed by atoms with Crippen molar-refractivity contribution < 1.29 is 9.53 Å². The van der Waals surface area contributed by atoms with Crippen molar-refractivity contribution in [3.8, 4) is 5.69 Å². The van der Waals surface area contributed by atoms with Gasteiger partial charge in [0.1, 0.15) is 6.10 Å². The Morgan fingerprint density at radius 1 is 1.30 bits per heavy atom. The standard InChI is InChI=1S/C19H26N4O2.2ClH/c1-12-10-13(2)23(22-12)16-6-4-15(5-7-16)14(3)21-19(24)18-9-8-17(11-20)25-18;;/h4-7,10,14,17-18H,8-9,11,20H2,1-3H3,(H,21,24);2*1H/t14?,17-,18+;;/m1../s1. The molecule has 0 aliphatic carbocycles. The van der Waals surface area contributed by atoms with Crippen LogP contribution >= 0.6 is 24.8 Å². The lowest BCUT2D eigenvalue weighted by atomic mass is 10.1. The number of halogens is 2. The van der Waals surface area contributed by atoms with E-state index in [1.807, 2.05) is 55.8 Å². The van der Waals surface area contributed by atoms with Gasteiger partial charge in [-0.15, -0.1) is 24.8 Å². The van der Waals surface area contributed by atoms with E-state index in [0.717, 1.165) is 35.5 Å². The first-order chi connectivity index (χ1) is 12.0. The molecule has 1 unspecified atom stereocenters. The fraction of sp³-hybridized carbons (Fsp3) is 0.474.